The molecule has 5 aromatic rings. The molecule has 3 saturated heterocycles. The van der Waals surface area contributed by atoms with Gasteiger partial charge in [-0.05, 0) is 58.9 Å². The topological polar surface area (TPSA) is 274 Å². The molecule has 1 amide bonds. The fraction of sp³-hybridized carbons (Fsp3) is 0.627. The van der Waals surface area contributed by atoms with Gasteiger partial charge in [-0.3, -0.25) is 32.3 Å². The summed E-state index contributed by atoms with van der Waals surface area (Å²) in [5.74, 6) is -1.27. The van der Waals surface area contributed by atoms with Crippen molar-refractivity contribution < 1.29 is 63.6 Å². The number of nitrogens with zero attached hydrogens (tertiary/aromatic N) is 8. The Morgan fingerprint density at radius 3 is 2.16 bits per heavy atom. The van der Waals surface area contributed by atoms with Crippen molar-refractivity contribution in [2.45, 2.75) is 178 Å². The molecule has 23 nitrogen and oxygen atoms in total. The molecule has 0 saturated carbocycles. The first-order chi connectivity index (χ1) is 37.9. The number of anilines is 1. The fourth-order valence-electron chi connectivity index (χ4n) is 10.2. The number of halogens is 1. The van der Waals surface area contributed by atoms with E-state index < -0.39 is 124 Å². The molecule has 7 heterocycles. The minimum absolute atomic E-state index is 0.0187. The van der Waals surface area contributed by atoms with Crippen LogP contribution in [0.1, 0.15) is 112 Å². The Hall–Kier alpha value is -3.86. The zero-order valence-corrected chi connectivity index (χ0v) is 53.9. The SMILES string of the molecule is CC(C)[Si](O)(O[Si](O[C@H]1[C@H]2OP(=O)(CCCC#N)OC[C@H]3O[C@@H](n4cnc5c(NC(=O)c6ccccc6)ncnc54)[C@H](O[Si](C)(C)C(C)(C)C)[C@@H]3OP(=O)(S)OC[C@H]1O[C@H]2n1cc(F)c2c(=O)n(C)cnc21)(C(C)C)C(C)C)C(C)C. The summed E-state index contributed by atoms with van der Waals surface area (Å²) in [6.45, 7) is 19.6. The van der Waals surface area contributed by atoms with Gasteiger partial charge in [-0.1, -0.05) is 107 Å². The van der Waals surface area contributed by atoms with Crippen LogP contribution in [0.25, 0.3) is 22.2 Å². The third-order valence-corrected chi connectivity index (χ3v) is 33.6. The number of rotatable bonds is 17. The highest BCUT2D eigenvalue weighted by atomic mass is 32.7. The largest absolute Gasteiger partial charge is 0.414 e. The summed E-state index contributed by atoms with van der Waals surface area (Å²) in [5.41, 5.74) is -1.37. The van der Waals surface area contributed by atoms with Crippen LogP contribution in [-0.2, 0) is 56.7 Å². The number of benzene rings is 1. The van der Waals surface area contributed by atoms with Crippen molar-refractivity contribution in [3.05, 3.63) is 77.2 Å². The van der Waals surface area contributed by atoms with Crippen LogP contribution in [0, 0.1) is 17.1 Å². The molecule has 0 aliphatic carbocycles. The molecule has 0 spiro atoms. The van der Waals surface area contributed by atoms with Gasteiger partial charge in [0.15, 0.2) is 49.2 Å². The predicted molar refractivity (Wildman–Crippen MR) is 310 cm³/mol. The van der Waals surface area contributed by atoms with Gasteiger partial charge in [0.05, 0.1) is 38.1 Å². The number of carbonyl (C=O) groups excluding carboxylic acids is 1. The first-order valence-corrected chi connectivity index (χ1v) is 38.5. The van der Waals surface area contributed by atoms with Crippen LogP contribution in [0.4, 0.5) is 10.2 Å². The van der Waals surface area contributed by atoms with Crippen molar-refractivity contribution >= 4 is 86.0 Å². The van der Waals surface area contributed by atoms with E-state index >= 15 is 13.5 Å². The molecule has 0 radical (unpaired) electrons. The van der Waals surface area contributed by atoms with Crippen molar-refractivity contribution in [3.8, 4) is 6.07 Å². The van der Waals surface area contributed by atoms with Gasteiger partial charge in [-0.2, -0.15) is 5.26 Å². The van der Waals surface area contributed by atoms with Crippen LogP contribution in [0.5, 0.6) is 0 Å². The molecular formula is C51H76FN9O14P2SSi3. The monoisotopic (exact) mass is 1240 g/mol. The van der Waals surface area contributed by atoms with Crippen molar-refractivity contribution in [1.29, 1.82) is 5.26 Å². The number of carbonyl (C=O) groups is 1. The van der Waals surface area contributed by atoms with E-state index in [2.05, 4.69) is 43.6 Å². The number of hydrogen-bond donors (Lipinski definition) is 3. The Bertz CT molecular complexity index is 3270. The standard InChI is InChI=1S/C51H76FN9O14P2SSi3/c1-30(2)80(66,31(3)4)75-81(32(5)6,33(7)8)74-41-37-26-68-77(65,78)72-40-36(25-67-76(64,23-19-18-22-53)71-42(41)49(70-37)60-24-35(52)38-45(60)57-28-59(12)48(38)63)69-50(43(40)73-79(13,14)51(9,10)11)61-29-56-39-44(54-27-55-46(39)61)58-47(62)34-20-16-15-17-21-34/h15-17,20-21,24,27-33,36-37,40-43,49-50,66H,18-19,23,25-26H2,1-14H3,(H,65,78)(H,54,55,58,62)/t36-,37-,40-,41-,42-,43-,49-,50-,76?,77?/m1/s1. The molecule has 2 bridgehead atoms. The predicted octanol–water partition coefficient (Wildman–Crippen LogP) is 10.4. The third kappa shape index (κ3) is 12.8. The first-order valence-electron chi connectivity index (χ1n) is 27.2. The molecule has 3 fully saturated rings. The third-order valence-electron chi connectivity index (χ3n) is 15.8. The lowest BCUT2D eigenvalue weighted by molar-refractivity contribution is -0.0586. The quantitative estimate of drug-likeness (QED) is 0.0338. The Morgan fingerprint density at radius 2 is 1.53 bits per heavy atom. The van der Waals surface area contributed by atoms with Crippen LogP contribution in [0.15, 0.2) is 60.3 Å². The molecule has 3 aliphatic rings. The highest BCUT2D eigenvalue weighted by Gasteiger charge is 2.61. The number of amides is 1. The Balaban J connectivity index is 1.27. The number of aryl methyl sites for hydroxylation is 1. The van der Waals surface area contributed by atoms with Crippen molar-refractivity contribution in [2.24, 2.45) is 7.05 Å². The van der Waals surface area contributed by atoms with E-state index in [1.807, 2.05) is 89.3 Å². The van der Waals surface area contributed by atoms with Crippen LogP contribution in [0.3, 0.4) is 0 Å². The van der Waals surface area contributed by atoms with Crippen LogP contribution < -0.4 is 10.9 Å². The summed E-state index contributed by atoms with van der Waals surface area (Å²) in [7, 11) is -13.5. The van der Waals surface area contributed by atoms with Gasteiger partial charge < -0.3 is 46.2 Å². The van der Waals surface area contributed by atoms with E-state index in [4.69, 9.17) is 40.5 Å². The van der Waals surface area contributed by atoms with Crippen LogP contribution >= 0.6 is 26.6 Å². The fourth-order valence-corrected chi connectivity index (χ4v) is 24.7. The molecule has 81 heavy (non-hydrogen) atoms. The molecule has 10 atom stereocenters. The van der Waals surface area contributed by atoms with Gasteiger partial charge in [0.2, 0.25) is 0 Å². The van der Waals surface area contributed by atoms with Crippen LogP contribution in [0.2, 0.25) is 40.3 Å². The minimum Gasteiger partial charge on any atom is -0.414 e. The molecular weight excluding hydrogens is 1160 g/mol. The molecule has 30 heteroatoms. The van der Waals surface area contributed by atoms with Gasteiger partial charge in [-0.25, -0.2) is 28.9 Å². The average molecular weight is 1240 g/mol. The van der Waals surface area contributed by atoms with Crippen molar-refractivity contribution in [3.63, 3.8) is 0 Å². The maximum absolute atomic E-state index is 16.3. The van der Waals surface area contributed by atoms with E-state index in [0.29, 0.717) is 5.56 Å². The summed E-state index contributed by atoms with van der Waals surface area (Å²) >= 11 is 4.60. The van der Waals surface area contributed by atoms with Gasteiger partial charge in [0.1, 0.15) is 48.3 Å². The second-order valence-electron chi connectivity index (χ2n) is 23.7. The number of aromatic nitrogens is 7. The van der Waals surface area contributed by atoms with Crippen molar-refractivity contribution in [2.75, 3.05) is 24.7 Å². The molecule has 2 unspecified atom stereocenters. The molecule has 8 rings (SSSR count). The average Bonchev–Trinajstić information content (AvgIpc) is 4.17. The summed E-state index contributed by atoms with van der Waals surface area (Å²) in [6.07, 6.45) is -6.20. The molecule has 3 aliphatic heterocycles. The number of fused-ring (bicyclic) bond motifs is 5. The number of unbranched alkanes of at least 4 members (excludes halogenated alkanes) is 1. The Kier molecular flexibility index (Phi) is 18.9. The number of imidazole rings is 1. The van der Waals surface area contributed by atoms with Crippen LogP contribution in [-0.4, -0.2) is 126 Å². The highest BCUT2D eigenvalue weighted by Crippen LogP contribution is 2.61. The van der Waals surface area contributed by atoms with E-state index in [1.54, 1.807) is 34.9 Å². The van der Waals surface area contributed by atoms with Gasteiger partial charge in [0.25, 0.3) is 11.5 Å². The normalized spacial score (nSPS) is 27.2. The first kappa shape index (κ1) is 63.2. The van der Waals surface area contributed by atoms with Gasteiger partial charge in [0, 0.05) is 25.2 Å². The number of nitriles is 1. The maximum atomic E-state index is 16.3. The molecule has 2 N–H and O–H groups in total. The lowest BCUT2D eigenvalue weighted by atomic mass is 10.1. The highest BCUT2D eigenvalue weighted by molar-refractivity contribution is 8.44. The summed E-state index contributed by atoms with van der Waals surface area (Å²) < 4.78 is 113. The second-order valence-corrected chi connectivity index (χ2v) is 42.0. The van der Waals surface area contributed by atoms with Gasteiger partial charge in [-0.15, -0.1) is 0 Å². The smallest absolute Gasteiger partial charge is 0.386 e. The number of nitrogens with one attached hydrogen (secondary N) is 1. The van der Waals surface area contributed by atoms with Crippen molar-refractivity contribution in [1.82, 2.24) is 33.6 Å². The summed E-state index contributed by atoms with van der Waals surface area (Å²) in [6, 6.07) is 10.7. The van der Waals surface area contributed by atoms with E-state index in [-0.39, 0.29) is 69.2 Å². The maximum Gasteiger partial charge on any atom is 0.386 e. The summed E-state index contributed by atoms with van der Waals surface area (Å²) in [4.78, 5) is 57.4. The second kappa shape index (κ2) is 24.3. The Labute approximate surface area is 479 Å². The Morgan fingerprint density at radius 1 is 0.877 bits per heavy atom. The van der Waals surface area contributed by atoms with E-state index in [0.717, 1.165) is 10.8 Å². The number of hydrogen-bond acceptors (Lipinski definition) is 19. The minimum atomic E-state index is -4.63. The molecule has 4 aromatic heterocycles. The van der Waals surface area contributed by atoms with E-state index in [1.165, 1.54) is 30.6 Å². The lowest BCUT2D eigenvalue weighted by Gasteiger charge is -2.47. The molecule has 444 valence electrons. The zero-order valence-electron chi connectivity index (χ0n) is 48.2. The van der Waals surface area contributed by atoms with E-state index in [9.17, 15) is 19.6 Å². The lowest BCUT2D eigenvalue weighted by Crippen LogP contribution is -2.62. The summed E-state index contributed by atoms with van der Waals surface area (Å²) in [5, 5.41) is 11.9. The molecule has 1 aromatic carbocycles. The zero-order chi connectivity index (χ0) is 59.4. The van der Waals surface area contributed by atoms with Gasteiger partial charge >= 0.3 is 31.5 Å². The number of ether oxygens (including phenoxy) is 2. The number of thiol groups is 1.